The van der Waals surface area contributed by atoms with Crippen LogP contribution in [0.3, 0.4) is 0 Å². The molecule has 120 valence electrons. The van der Waals surface area contributed by atoms with Crippen molar-refractivity contribution >= 4 is 10.0 Å². The summed E-state index contributed by atoms with van der Waals surface area (Å²) in [7, 11) is -4.30. The number of halogens is 6. The third-order valence-electron chi connectivity index (χ3n) is 3.04. The van der Waals surface area contributed by atoms with Crippen molar-refractivity contribution < 1.29 is 34.8 Å². The van der Waals surface area contributed by atoms with Gasteiger partial charge in [-0.05, 0) is 7.05 Å². The zero-order valence-corrected chi connectivity index (χ0v) is 11.5. The minimum Gasteiger partial charge on any atom is -0.304 e. The topological polar surface area (TPSA) is 40.6 Å². The summed E-state index contributed by atoms with van der Waals surface area (Å²) in [6.45, 7) is -1.27. The van der Waals surface area contributed by atoms with E-state index in [4.69, 9.17) is 0 Å². The van der Waals surface area contributed by atoms with E-state index in [2.05, 4.69) is 0 Å². The van der Waals surface area contributed by atoms with Crippen molar-refractivity contribution in [2.24, 2.45) is 0 Å². The Kier molecular flexibility index (Phi) is 4.39. The molecule has 0 aromatic heterocycles. The predicted molar refractivity (Wildman–Crippen MR) is 58.5 cm³/mol. The van der Waals surface area contributed by atoms with Crippen LogP contribution in [-0.4, -0.2) is 67.9 Å². The molecule has 1 rings (SSSR count). The highest BCUT2D eigenvalue weighted by Gasteiger charge is 2.76. The van der Waals surface area contributed by atoms with Gasteiger partial charge >= 0.3 is 17.1 Å². The van der Waals surface area contributed by atoms with Gasteiger partial charge in [-0.15, -0.1) is 0 Å². The Hall–Kier alpha value is -0.550. The molecule has 0 amide bonds. The highest BCUT2D eigenvalue weighted by molar-refractivity contribution is 7.90. The van der Waals surface area contributed by atoms with Crippen LogP contribution < -0.4 is 0 Å². The third-order valence-corrected chi connectivity index (χ3v) is 4.99. The number of nitrogens with zero attached hydrogens (tertiary/aromatic N) is 2. The first-order valence-corrected chi connectivity index (χ1v) is 7.01. The SMILES string of the molecule is CN1CCN(S(=O)(=O)C(F)(F)C(F)(F)C(C)(F)F)CC1. The van der Waals surface area contributed by atoms with E-state index in [0.717, 1.165) is 0 Å². The van der Waals surface area contributed by atoms with Crippen LogP contribution in [0, 0.1) is 0 Å². The molecule has 0 N–H and O–H groups in total. The van der Waals surface area contributed by atoms with Gasteiger partial charge in [0, 0.05) is 33.1 Å². The van der Waals surface area contributed by atoms with Crippen LogP contribution in [0.1, 0.15) is 6.92 Å². The Bertz CT molecular complexity index is 454. The Morgan fingerprint density at radius 3 is 1.65 bits per heavy atom. The van der Waals surface area contributed by atoms with Crippen molar-refractivity contribution in [3.63, 3.8) is 0 Å². The number of likely N-dealkylation sites (N-methyl/N-ethyl adjacent to an activating group) is 1. The highest BCUT2D eigenvalue weighted by Crippen LogP contribution is 2.49. The number of sulfonamides is 1. The maximum absolute atomic E-state index is 13.5. The lowest BCUT2D eigenvalue weighted by atomic mass is 10.2. The third kappa shape index (κ3) is 2.62. The predicted octanol–water partition coefficient (Wildman–Crippen LogP) is 1.45. The molecule has 11 heteroatoms. The second-order valence-corrected chi connectivity index (χ2v) is 6.67. The Morgan fingerprint density at radius 2 is 1.30 bits per heavy atom. The number of hydrogen-bond acceptors (Lipinski definition) is 3. The fraction of sp³-hybridized carbons (Fsp3) is 1.00. The van der Waals surface area contributed by atoms with E-state index in [-0.39, 0.29) is 17.4 Å². The molecule has 20 heavy (non-hydrogen) atoms. The van der Waals surface area contributed by atoms with E-state index in [1.165, 1.54) is 0 Å². The molecule has 1 saturated heterocycles. The summed E-state index contributed by atoms with van der Waals surface area (Å²) < 4.78 is 102. The number of hydrogen-bond donors (Lipinski definition) is 0. The van der Waals surface area contributed by atoms with Gasteiger partial charge in [-0.3, -0.25) is 0 Å². The minimum atomic E-state index is -6.00. The number of piperazine rings is 1. The second-order valence-electron chi connectivity index (χ2n) is 4.69. The van der Waals surface area contributed by atoms with E-state index < -0.39 is 47.1 Å². The van der Waals surface area contributed by atoms with Crippen molar-refractivity contribution in [1.29, 1.82) is 0 Å². The smallest absolute Gasteiger partial charge is 0.304 e. The molecule has 0 bridgehead atoms. The summed E-state index contributed by atoms with van der Waals surface area (Å²) in [6, 6.07) is 0. The molecule has 1 aliphatic rings. The second kappa shape index (κ2) is 5.02. The van der Waals surface area contributed by atoms with E-state index in [1.54, 1.807) is 11.9 Å². The van der Waals surface area contributed by atoms with Gasteiger partial charge < -0.3 is 4.90 Å². The molecule has 0 saturated carbocycles. The van der Waals surface area contributed by atoms with Gasteiger partial charge in [0.05, 0.1) is 0 Å². The maximum Gasteiger partial charge on any atom is 0.427 e. The zero-order chi connectivity index (χ0) is 16.0. The standard InChI is InChI=1S/C9H14F6N2O2S/c1-7(10,11)8(12,13)9(14,15)20(18,19)17-5-3-16(2)4-6-17/h3-6H2,1-2H3. The largest absolute Gasteiger partial charge is 0.427 e. The van der Waals surface area contributed by atoms with Gasteiger partial charge in [0.15, 0.2) is 0 Å². The molecule has 0 aromatic carbocycles. The first kappa shape index (κ1) is 17.5. The van der Waals surface area contributed by atoms with Gasteiger partial charge in [-0.1, -0.05) is 0 Å². The van der Waals surface area contributed by atoms with Gasteiger partial charge in [0.1, 0.15) is 0 Å². The van der Waals surface area contributed by atoms with Crippen molar-refractivity contribution in [3.8, 4) is 0 Å². The van der Waals surface area contributed by atoms with Gasteiger partial charge in [0.2, 0.25) is 0 Å². The lowest BCUT2D eigenvalue weighted by Crippen LogP contribution is -2.62. The average molecular weight is 328 g/mol. The summed E-state index contributed by atoms with van der Waals surface area (Å²) in [5.41, 5.74) is 0. The van der Waals surface area contributed by atoms with E-state index in [0.29, 0.717) is 0 Å². The fourth-order valence-corrected chi connectivity index (χ4v) is 3.08. The molecule has 0 aliphatic carbocycles. The van der Waals surface area contributed by atoms with E-state index >= 15 is 0 Å². The highest BCUT2D eigenvalue weighted by atomic mass is 32.2. The van der Waals surface area contributed by atoms with Gasteiger partial charge in [-0.25, -0.2) is 8.42 Å². The first-order valence-electron chi connectivity index (χ1n) is 5.57. The molecule has 0 unspecified atom stereocenters. The lowest BCUT2D eigenvalue weighted by Gasteiger charge is -2.37. The van der Waals surface area contributed by atoms with Gasteiger partial charge in [0.25, 0.3) is 10.0 Å². The van der Waals surface area contributed by atoms with Gasteiger partial charge in [-0.2, -0.15) is 30.6 Å². The quantitative estimate of drug-likeness (QED) is 0.734. The van der Waals surface area contributed by atoms with Crippen molar-refractivity contribution in [1.82, 2.24) is 9.21 Å². The summed E-state index contributed by atoms with van der Waals surface area (Å²) in [6.07, 6.45) is 0. The van der Waals surface area contributed by atoms with Crippen molar-refractivity contribution in [2.75, 3.05) is 33.2 Å². The Morgan fingerprint density at radius 1 is 0.900 bits per heavy atom. The van der Waals surface area contributed by atoms with Crippen LogP contribution in [-0.2, 0) is 10.0 Å². The number of alkyl halides is 6. The van der Waals surface area contributed by atoms with Crippen LogP contribution in [0.4, 0.5) is 26.3 Å². The molecular formula is C9H14F6N2O2S. The fourth-order valence-electron chi connectivity index (χ4n) is 1.61. The van der Waals surface area contributed by atoms with Crippen LogP contribution in [0.25, 0.3) is 0 Å². The Labute approximate surface area is 112 Å². The molecular weight excluding hydrogens is 314 g/mol. The monoisotopic (exact) mass is 328 g/mol. The molecule has 0 aromatic rings. The molecule has 0 spiro atoms. The summed E-state index contributed by atoms with van der Waals surface area (Å²) in [5, 5.41) is -5.88. The van der Waals surface area contributed by atoms with Crippen molar-refractivity contribution in [2.45, 2.75) is 24.0 Å². The minimum absolute atomic E-state index is 0.0450. The summed E-state index contributed by atoms with van der Waals surface area (Å²) in [5.74, 6) is -11.2. The maximum atomic E-state index is 13.5. The van der Waals surface area contributed by atoms with E-state index in [1.807, 2.05) is 0 Å². The van der Waals surface area contributed by atoms with Crippen LogP contribution in [0.5, 0.6) is 0 Å². The zero-order valence-electron chi connectivity index (χ0n) is 10.7. The molecule has 4 nitrogen and oxygen atoms in total. The summed E-state index contributed by atoms with van der Waals surface area (Å²) >= 11 is 0. The summed E-state index contributed by atoms with van der Waals surface area (Å²) in [4.78, 5) is 1.59. The Balaban J connectivity index is 3.13. The van der Waals surface area contributed by atoms with Crippen LogP contribution >= 0.6 is 0 Å². The molecule has 0 radical (unpaired) electrons. The molecule has 0 atom stereocenters. The van der Waals surface area contributed by atoms with Crippen molar-refractivity contribution in [3.05, 3.63) is 0 Å². The molecule has 1 aliphatic heterocycles. The first-order chi connectivity index (χ1) is 8.75. The number of rotatable bonds is 4. The van der Waals surface area contributed by atoms with E-state index in [9.17, 15) is 34.8 Å². The molecule has 1 fully saturated rings. The molecule has 1 heterocycles. The van der Waals surface area contributed by atoms with Crippen LogP contribution in [0.15, 0.2) is 0 Å². The average Bonchev–Trinajstić information content (AvgIpc) is 2.27. The normalized spacial score (nSPS) is 21.2. The van der Waals surface area contributed by atoms with Crippen LogP contribution in [0.2, 0.25) is 0 Å². The lowest BCUT2D eigenvalue weighted by molar-refractivity contribution is -0.272.